The number of likely N-dealkylation sites (tertiary alicyclic amines) is 1. The number of nitrogens with zero attached hydrogens (tertiary/aromatic N) is 2. The monoisotopic (exact) mass is 650 g/mol. The summed E-state index contributed by atoms with van der Waals surface area (Å²) in [5, 5.41) is 0. The third kappa shape index (κ3) is 12.7. The molecule has 0 aliphatic carbocycles. The number of ether oxygens (including phenoxy) is 1. The fraction of sp³-hybridized carbons (Fsp3) is 0.794. The molecule has 1 aliphatic heterocycles. The number of amides is 2. The van der Waals surface area contributed by atoms with Crippen LogP contribution < -0.4 is 0 Å². The Morgan fingerprint density at radius 1 is 0.821 bits per heavy atom. The van der Waals surface area contributed by atoms with Crippen LogP contribution in [0.15, 0.2) is 30.3 Å². The Morgan fingerprint density at radius 3 is 1.97 bits per heavy atom. The van der Waals surface area contributed by atoms with Crippen molar-refractivity contribution in [3.8, 4) is 0 Å². The van der Waals surface area contributed by atoms with Crippen LogP contribution in [0.5, 0.6) is 0 Å². The van der Waals surface area contributed by atoms with Gasteiger partial charge in [-0.05, 0) is 0 Å². The second-order valence-electron chi connectivity index (χ2n) is 12.2. The molecule has 1 aromatic rings. The van der Waals surface area contributed by atoms with E-state index >= 15 is 0 Å². The molecule has 224 valence electrons. The van der Waals surface area contributed by atoms with E-state index in [1.807, 2.05) is 0 Å². The van der Waals surface area contributed by atoms with Crippen molar-refractivity contribution in [2.45, 2.75) is 141 Å². The van der Waals surface area contributed by atoms with E-state index in [0.29, 0.717) is 10.1 Å². The molecule has 5 heteroatoms. The standard InChI is InChI=1S/C22H35N2O2.3C4H9.Sn/c1-23(22(25)24-17-11-7-12-18-24)16-10-4-2-3-5-13-19-26-20-21-14-8-6-9-15-21;3*1-3-4-2;/h6,8-9,14-16H,2-5,7,10-13,17-20H2,1H3;3*1,3-4H2,2H3;. The van der Waals surface area contributed by atoms with Crippen LogP contribution in [-0.2, 0) is 11.3 Å². The van der Waals surface area contributed by atoms with Gasteiger partial charge >= 0.3 is 229 Å². The summed E-state index contributed by atoms with van der Waals surface area (Å²) in [4.78, 5) is 18.3. The van der Waals surface area contributed by atoms with Crippen LogP contribution in [0.3, 0.4) is 0 Å². The third-order valence-corrected chi connectivity index (χ3v) is 26.6. The second kappa shape index (κ2) is 21.0. The minimum absolute atomic E-state index is 0.348. The van der Waals surface area contributed by atoms with Crippen LogP contribution in [0, 0.1) is 0 Å². The van der Waals surface area contributed by atoms with Gasteiger partial charge in [-0.25, -0.2) is 0 Å². The van der Waals surface area contributed by atoms with E-state index in [4.69, 9.17) is 4.74 Å². The first-order valence-corrected chi connectivity index (χ1v) is 24.4. The van der Waals surface area contributed by atoms with Crippen molar-refractivity contribution in [2.75, 3.05) is 26.7 Å². The van der Waals surface area contributed by atoms with Crippen molar-refractivity contribution in [1.29, 1.82) is 0 Å². The quantitative estimate of drug-likeness (QED) is 0.0982. The van der Waals surface area contributed by atoms with Gasteiger partial charge in [-0.15, -0.1) is 0 Å². The summed E-state index contributed by atoms with van der Waals surface area (Å²) in [6.07, 6.45) is 19.1. The van der Waals surface area contributed by atoms with Crippen LogP contribution in [0.25, 0.3) is 0 Å². The molecule has 1 fully saturated rings. The minimum atomic E-state index is -2.61. The average Bonchev–Trinajstić information content (AvgIpc) is 2.98. The molecule has 2 rings (SSSR count). The summed E-state index contributed by atoms with van der Waals surface area (Å²) >= 11 is -2.61. The van der Waals surface area contributed by atoms with Crippen LogP contribution in [0.4, 0.5) is 4.79 Å². The molecule has 2 amide bonds. The summed E-state index contributed by atoms with van der Waals surface area (Å²) in [6.45, 7) is 10.6. The van der Waals surface area contributed by atoms with E-state index < -0.39 is 18.4 Å². The Balaban J connectivity index is 1.97. The van der Waals surface area contributed by atoms with Crippen molar-refractivity contribution >= 4 is 24.4 Å². The average molecular weight is 650 g/mol. The molecule has 0 saturated carbocycles. The molecule has 4 nitrogen and oxygen atoms in total. The van der Waals surface area contributed by atoms with Gasteiger partial charge in [-0.3, -0.25) is 0 Å². The zero-order chi connectivity index (χ0) is 28.2. The predicted molar refractivity (Wildman–Crippen MR) is 171 cm³/mol. The SMILES string of the molecule is CCC[CH2][Sn]([CH2]CCC)([CH2]CCC)[CH](CCCCCCCOCc1ccccc1)N(C)C(=O)N1CCCCC1. The molecule has 0 spiro atoms. The molecule has 1 aliphatic rings. The van der Waals surface area contributed by atoms with Crippen molar-refractivity contribution in [1.82, 2.24) is 9.80 Å². The van der Waals surface area contributed by atoms with Crippen LogP contribution in [-0.4, -0.2) is 65.0 Å². The van der Waals surface area contributed by atoms with Crippen LogP contribution in [0.1, 0.15) is 123 Å². The number of rotatable bonds is 21. The van der Waals surface area contributed by atoms with Gasteiger partial charge in [0, 0.05) is 0 Å². The van der Waals surface area contributed by atoms with Gasteiger partial charge in [-0.1, -0.05) is 18.2 Å². The maximum atomic E-state index is 13.8. The topological polar surface area (TPSA) is 32.8 Å². The molecule has 0 N–H and O–H groups in total. The fourth-order valence-corrected chi connectivity index (χ4v) is 25.7. The summed E-state index contributed by atoms with van der Waals surface area (Å²) in [6, 6.07) is 10.8. The van der Waals surface area contributed by atoms with E-state index in [-0.39, 0.29) is 0 Å². The number of piperidine rings is 1. The zero-order valence-corrected chi connectivity index (χ0v) is 29.1. The molecule has 39 heavy (non-hydrogen) atoms. The molecule has 1 aromatic carbocycles. The Kier molecular flexibility index (Phi) is 18.6. The Hall–Kier alpha value is -0.751. The molecule has 1 saturated heterocycles. The van der Waals surface area contributed by atoms with Gasteiger partial charge in [0.2, 0.25) is 0 Å². The van der Waals surface area contributed by atoms with Crippen LogP contribution >= 0.6 is 0 Å². The number of hydrogen-bond donors (Lipinski definition) is 0. The van der Waals surface area contributed by atoms with Gasteiger partial charge in [0.25, 0.3) is 0 Å². The van der Waals surface area contributed by atoms with Gasteiger partial charge in [0.15, 0.2) is 0 Å². The molecular formula is C34H62N2O2Sn. The number of carbonyl (C=O) groups is 1. The van der Waals surface area contributed by atoms with Crippen molar-refractivity contribution in [3.63, 3.8) is 0 Å². The number of hydrogen-bond acceptors (Lipinski definition) is 2. The van der Waals surface area contributed by atoms with Crippen molar-refractivity contribution in [2.24, 2.45) is 0 Å². The summed E-state index contributed by atoms with van der Waals surface area (Å²) in [7, 11) is 2.20. The summed E-state index contributed by atoms with van der Waals surface area (Å²) < 4.78 is 10.9. The third-order valence-electron chi connectivity index (χ3n) is 9.07. The van der Waals surface area contributed by atoms with Gasteiger partial charge < -0.3 is 0 Å². The normalized spacial score (nSPS) is 14.9. The summed E-state index contributed by atoms with van der Waals surface area (Å²) in [5.74, 6) is 0. The van der Waals surface area contributed by atoms with Crippen LogP contribution in [0.2, 0.25) is 13.3 Å². The first kappa shape index (κ1) is 34.4. The maximum absolute atomic E-state index is 13.8. The van der Waals surface area contributed by atoms with E-state index in [2.05, 4.69) is 68.0 Å². The predicted octanol–water partition coefficient (Wildman–Crippen LogP) is 9.84. The van der Waals surface area contributed by atoms with Gasteiger partial charge in [0.05, 0.1) is 0 Å². The molecule has 1 unspecified atom stereocenters. The number of urea groups is 1. The molecule has 1 heterocycles. The fourth-order valence-electron chi connectivity index (χ4n) is 6.65. The molecule has 0 bridgehead atoms. The zero-order valence-electron chi connectivity index (χ0n) is 26.2. The van der Waals surface area contributed by atoms with Crippen molar-refractivity contribution < 1.29 is 9.53 Å². The van der Waals surface area contributed by atoms with E-state index in [1.54, 1.807) is 0 Å². The first-order chi connectivity index (χ1) is 19.1. The van der Waals surface area contributed by atoms with E-state index in [1.165, 1.54) is 109 Å². The summed E-state index contributed by atoms with van der Waals surface area (Å²) in [5.41, 5.74) is 1.26. The second-order valence-corrected chi connectivity index (χ2v) is 26.2. The number of unbranched alkanes of at least 4 members (excludes halogenated alkanes) is 7. The van der Waals surface area contributed by atoms with Gasteiger partial charge in [-0.2, -0.15) is 0 Å². The molecule has 1 atom stereocenters. The van der Waals surface area contributed by atoms with E-state index in [9.17, 15) is 4.79 Å². The molecular weight excluding hydrogens is 587 g/mol. The Bertz CT molecular complexity index is 716. The van der Waals surface area contributed by atoms with E-state index in [0.717, 1.165) is 32.7 Å². The van der Waals surface area contributed by atoms with Gasteiger partial charge in [0.1, 0.15) is 0 Å². The Labute approximate surface area is 246 Å². The number of carbonyl (C=O) groups excluding carboxylic acids is 1. The van der Waals surface area contributed by atoms with Crippen molar-refractivity contribution in [3.05, 3.63) is 35.9 Å². The molecule has 0 aromatic heterocycles. The number of benzene rings is 1. The Morgan fingerprint density at radius 2 is 1.38 bits per heavy atom. The molecule has 0 radical (unpaired) electrons. The first-order valence-electron chi connectivity index (χ1n) is 16.7.